The highest BCUT2D eigenvalue weighted by molar-refractivity contribution is 5.64. The fourth-order valence-electron chi connectivity index (χ4n) is 2.53. The molecule has 0 aliphatic rings. The summed E-state index contributed by atoms with van der Waals surface area (Å²) in [7, 11) is 1.64. The molecule has 2 aromatic carbocycles. The van der Waals surface area contributed by atoms with Crippen molar-refractivity contribution in [3.05, 3.63) is 54.1 Å². The van der Waals surface area contributed by atoms with Crippen LogP contribution in [0, 0.1) is 0 Å². The van der Waals surface area contributed by atoms with Gasteiger partial charge in [-0.05, 0) is 37.1 Å². The van der Waals surface area contributed by atoms with Crippen molar-refractivity contribution in [2.45, 2.75) is 20.3 Å². The highest BCUT2D eigenvalue weighted by atomic mass is 16.7. The van der Waals surface area contributed by atoms with Gasteiger partial charge in [0.2, 0.25) is 0 Å². The summed E-state index contributed by atoms with van der Waals surface area (Å²) in [6, 6.07) is 15.3. The predicted octanol–water partition coefficient (Wildman–Crippen LogP) is 4.30. The molecule has 0 bridgehead atoms. The maximum Gasteiger partial charge on any atom is 0.513 e. The molecule has 2 aromatic rings. The molecule has 0 heterocycles. The first-order chi connectivity index (χ1) is 12.2. The summed E-state index contributed by atoms with van der Waals surface area (Å²) in [5.41, 5.74) is 2.00. The molecule has 0 saturated carbocycles. The molecule has 5 heteroatoms. The number of methoxy groups -OCH3 is 1. The molecule has 0 fully saturated rings. The SMILES string of the molecule is CCc1ccccc1OC(=O)OCCN(CC)c1cccc(OC)c1. The van der Waals surface area contributed by atoms with E-state index in [2.05, 4.69) is 11.8 Å². The summed E-state index contributed by atoms with van der Waals surface area (Å²) < 4.78 is 15.8. The van der Waals surface area contributed by atoms with Crippen LogP contribution in [-0.4, -0.2) is 33.0 Å². The number of nitrogens with zero attached hydrogens (tertiary/aromatic N) is 1. The molecule has 0 atom stereocenters. The van der Waals surface area contributed by atoms with Gasteiger partial charge in [0.05, 0.1) is 13.7 Å². The summed E-state index contributed by atoms with van der Waals surface area (Å²) in [4.78, 5) is 14.0. The number of anilines is 1. The Morgan fingerprint density at radius 2 is 1.88 bits per heavy atom. The second-order valence-electron chi connectivity index (χ2n) is 5.44. The van der Waals surface area contributed by atoms with E-state index in [9.17, 15) is 4.79 Å². The van der Waals surface area contributed by atoms with Crippen LogP contribution in [0.3, 0.4) is 0 Å². The van der Waals surface area contributed by atoms with Gasteiger partial charge in [0.1, 0.15) is 18.1 Å². The minimum absolute atomic E-state index is 0.248. The Labute approximate surface area is 149 Å². The van der Waals surface area contributed by atoms with Crippen molar-refractivity contribution in [1.29, 1.82) is 0 Å². The standard InChI is InChI=1S/C20H25NO4/c1-4-16-9-6-7-12-19(16)25-20(22)24-14-13-21(5-2)17-10-8-11-18(15-17)23-3/h6-12,15H,4-5,13-14H2,1-3H3. The zero-order valence-electron chi connectivity index (χ0n) is 15.0. The summed E-state index contributed by atoms with van der Waals surface area (Å²) >= 11 is 0. The van der Waals surface area contributed by atoms with Crippen molar-refractivity contribution >= 4 is 11.8 Å². The van der Waals surface area contributed by atoms with Crippen LogP contribution >= 0.6 is 0 Å². The quantitative estimate of drug-likeness (QED) is 0.528. The Kier molecular flexibility index (Phi) is 7.14. The molecule has 0 spiro atoms. The van der Waals surface area contributed by atoms with Crippen molar-refractivity contribution < 1.29 is 19.0 Å². The van der Waals surface area contributed by atoms with Crippen LogP contribution in [-0.2, 0) is 11.2 Å². The number of carbonyl (C=O) groups is 1. The molecule has 0 unspecified atom stereocenters. The molecule has 134 valence electrons. The van der Waals surface area contributed by atoms with E-state index in [0.717, 1.165) is 30.0 Å². The van der Waals surface area contributed by atoms with Crippen molar-refractivity contribution in [2.75, 3.05) is 31.7 Å². The lowest BCUT2D eigenvalue weighted by Crippen LogP contribution is -2.28. The monoisotopic (exact) mass is 343 g/mol. The van der Waals surface area contributed by atoms with E-state index in [0.29, 0.717) is 12.3 Å². The van der Waals surface area contributed by atoms with Crippen LogP contribution in [0.4, 0.5) is 10.5 Å². The fraction of sp³-hybridized carbons (Fsp3) is 0.350. The molecule has 0 N–H and O–H groups in total. The van der Waals surface area contributed by atoms with Gasteiger partial charge in [0.25, 0.3) is 0 Å². The van der Waals surface area contributed by atoms with Crippen LogP contribution in [0.2, 0.25) is 0 Å². The Hall–Kier alpha value is -2.69. The molecular weight excluding hydrogens is 318 g/mol. The van der Waals surface area contributed by atoms with E-state index in [1.165, 1.54) is 0 Å². The summed E-state index contributed by atoms with van der Waals surface area (Å²) in [5, 5.41) is 0. The average molecular weight is 343 g/mol. The van der Waals surface area contributed by atoms with E-state index >= 15 is 0 Å². The molecule has 0 saturated heterocycles. The number of benzene rings is 2. The third kappa shape index (κ3) is 5.41. The second-order valence-corrected chi connectivity index (χ2v) is 5.44. The van der Waals surface area contributed by atoms with Gasteiger partial charge >= 0.3 is 6.16 Å². The number of carbonyl (C=O) groups excluding carboxylic acids is 1. The van der Waals surface area contributed by atoms with Crippen molar-refractivity contribution in [1.82, 2.24) is 0 Å². The molecule has 5 nitrogen and oxygen atoms in total. The minimum Gasteiger partial charge on any atom is -0.497 e. The van der Waals surface area contributed by atoms with Gasteiger partial charge < -0.3 is 19.1 Å². The normalized spacial score (nSPS) is 10.2. The fourth-order valence-corrected chi connectivity index (χ4v) is 2.53. The second kappa shape index (κ2) is 9.57. The number of ether oxygens (including phenoxy) is 3. The maximum absolute atomic E-state index is 11.9. The van der Waals surface area contributed by atoms with Crippen molar-refractivity contribution in [2.24, 2.45) is 0 Å². The first-order valence-electron chi connectivity index (χ1n) is 8.49. The van der Waals surface area contributed by atoms with Gasteiger partial charge in [-0.3, -0.25) is 0 Å². The zero-order chi connectivity index (χ0) is 18.1. The van der Waals surface area contributed by atoms with Crippen LogP contribution in [0.15, 0.2) is 48.5 Å². The molecule has 0 amide bonds. The first-order valence-corrected chi connectivity index (χ1v) is 8.49. The van der Waals surface area contributed by atoms with Crippen molar-refractivity contribution in [3.63, 3.8) is 0 Å². The van der Waals surface area contributed by atoms with Gasteiger partial charge in [-0.2, -0.15) is 0 Å². The topological polar surface area (TPSA) is 48.0 Å². The summed E-state index contributed by atoms with van der Waals surface area (Å²) in [5.74, 6) is 1.35. The predicted molar refractivity (Wildman–Crippen MR) is 98.7 cm³/mol. The third-order valence-electron chi connectivity index (χ3n) is 3.93. The van der Waals surface area contributed by atoms with E-state index in [-0.39, 0.29) is 6.61 Å². The van der Waals surface area contributed by atoms with Gasteiger partial charge in [0, 0.05) is 18.3 Å². The maximum atomic E-state index is 11.9. The van der Waals surface area contributed by atoms with Crippen LogP contribution in [0.1, 0.15) is 19.4 Å². The Balaban J connectivity index is 1.86. The minimum atomic E-state index is -0.678. The van der Waals surface area contributed by atoms with E-state index in [1.807, 2.05) is 49.4 Å². The van der Waals surface area contributed by atoms with Crippen LogP contribution in [0.5, 0.6) is 11.5 Å². The van der Waals surface area contributed by atoms with E-state index in [1.54, 1.807) is 13.2 Å². The van der Waals surface area contributed by atoms with Crippen LogP contribution in [0.25, 0.3) is 0 Å². The molecule has 0 aliphatic carbocycles. The smallest absolute Gasteiger partial charge is 0.497 e. The third-order valence-corrected chi connectivity index (χ3v) is 3.93. The Morgan fingerprint density at radius 1 is 1.08 bits per heavy atom. The number of para-hydroxylation sites is 1. The van der Waals surface area contributed by atoms with E-state index in [4.69, 9.17) is 14.2 Å². The number of likely N-dealkylation sites (N-methyl/N-ethyl adjacent to an activating group) is 1. The first kappa shape index (κ1) is 18.6. The van der Waals surface area contributed by atoms with Crippen LogP contribution < -0.4 is 14.4 Å². The number of rotatable bonds is 8. The molecule has 0 aliphatic heterocycles. The highest BCUT2D eigenvalue weighted by Crippen LogP contribution is 2.21. The molecular formula is C20H25NO4. The van der Waals surface area contributed by atoms with Crippen molar-refractivity contribution in [3.8, 4) is 11.5 Å². The molecule has 0 radical (unpaired) electrons. The summed E-state index contributed by atoms with van der Waals surface area (Å²) in [6.45, 7) is 5.69. The number of hydrogen-bond donors (Lipinski definition) is 0. The number of hydrogen-bond acceptors (Lipinski definition) is 5. The lowest BCUT2D eigenvalue weighted by Gasteiger charge is -2.23. The average Bonchev–Trinajstić information content (AvgIpc) is 2.65. The van der Waals surface area contributed by atoms with E-state index < -0.39 is 6.16 Å². The lowest BCUT2D eigenvalue weighted by atomic mass is 10.1. The molecule has 25 heavy (non-hydrogen) atoms. The Bertz CT molecular complexity index is 687. The largest absolute Gasteiger partial charge is 0.513 e. The summed E-state index contributed by atoms with van der Waals surface area (Å²) in [6.07, 6.45) is 0.116. The van der Waals surface area contributed by atoms with Gasteiger partial charge in [-0.15, -0.1) is 0 Å². The van der Waals surface area contributed by atoms with Gasteiger partial charge in [0.15, 0.2) is 0 Å². The molecule has 2 rings (SSSR count). The lowest BCUT2D eigenvalue weighted by molar-refractivity contribution is 0.101. The van der Waals surface area contributed by atoms with Gasteiger partial charge in [-0.1, -0.05) is 31.2 Å². The van der Waals surface area contributed by atoms with Gasteiger partial charge in [-0.25, -0.2) is 4.79 Å². The number of aryl methyl sites for hydroxylation is 1. The molecule has 0 aromatic heterocycles. The Morgan fingerprint density at radius 3 is 2.60 bits per heavy atom. The highest BCUT2D eigenvalue weighted by Gasteiger charge is 2.11. The zero-order valence-corrected chi connectivity index (χ0v) is 15.0.